The van der Waals surface area contributed by atoms with Gasteiger partial charge in [-0.25, -0.2) is 9.48 Å². The molecule has 0 unspecified atom stereocenters. The highest BCUT2D eigenvalue weighted by atomic mass is 19.4. The van der Waals surface area contributed by atoms with Gasteiger partial charge in [0, 0.05) is 31.4 Å². The number of rotatable bonds is 5. The Balaban J connectivity index is 1.59. The van der Waals surface area contributed by atoms with Gasteiger partial charge in [-0.05, 0) is 44.5 Å². The summed E-state index contributed by atoms with van der Waals surface area (Å²) in [6, 6.07) is 6.98. The van der Waals surface area contributed by atoms with Gasteiger partial charge in [-0.1, -0.05) is 12.1 Å². The molecule has 2 aromatic heterocycles. The van der Waals surface area contributed by atoms with E-state index in [1.807, 2.05) is 0 Å². The van der Waals surface area contributed by atoms with Gasteiger partial charge in [-0.2, -0.15) is 23.4 Å². The first-order valence-electron chi connectivity index (χ1n) is 11.6. The van der Waals surface area contributed by atoms with Crippen LogP contribution in [0.3, 0.4) is 0 Å². The van der Waals surface area contributed by atoms with Crippen LogP contribution in [-0.2, 0) is 29.3 Å². The third kappa shape index (κ3) is 6.37. The van der Waals surface area contributed by atoms with Crippen LogP contribution < -0.4 is 5.56 Å². The zero-order chi connectivity index (χ0) is 27.0. The van der Waals surface area contributed by atoms with Gasteiger partial charge in [0.2, 0.25) is 0 Å². The summed E-state index contributed by atoms with van der Waals surface area (Å²) in [5.74, 6) is 0. The fourth-order valence-electron chi connectivity index (χ4n) is 3.99. The molecule has 1 aromatic carbocycles. The molecule has 12 heteroatoms. The topological polar surface area (TPSA) is 91.5 Å². The smallest absolute Gasteiger partial charge is 0.416 e. The third-order valence-corrected chi connectivity index (χ3v) is 5.77. The maximum atomic E-state index is 12.9. The second-order valence-electron chi connectivity index (χ2n) is 9.90. The van der Waals surface area contributed by atoms with E-state index in [0.29, 0.717) is 16.8 Å². The van der Waals surface area contributed by atoms with E-state index in [0.717, 1.165) is 12.1 Å². The standard InChI is InChI=1S/C25H28F3N5O4/c1-24(2,3)37-23(35)32-13-20(33-22(34)10-9-19(30-33)17-11-29-31(4)12-17)21(14-32)36-15-16-5-7-18(8-6-16)25(26,27)28/h5-12,20-21H,13-15H2,1-4H3/t20-,21-/m1/s1. The molecule has 4 rings (SSSR count). The number of benzene rings is 1. The average molecular weight is 520 g/mol. The van der Waals surface area contributed by atoms with E-state index in [-0.39, 0.29) is 25.3 Å². The molecule has 0 N–H and O–H groups in total. The lowest BCUT2D eigenvalue weighted by Gasteiger charge is -2.24. The van der Waals surface area contributed by atoms with Crippen LogP contribution in [0.25, 0.3) is 11.3 Å². The van der Waals surface area contributed by atoms with Crippen molar-refractivity contribution in [1.82, 2.24) is 24.5 Å². The molecule has 1 fully saturated rings. The average Bonchev–Trinajstić information content (AvgIpc) is 3.43. The van der Waals surface area contributed by atoms with Crippen molar-refractivity contribution in [2.75, 3.05) is 13.1 Å². The monoisotopic (exact) mass is 519 g/mol. The molecule has 1 amide bonds. The quantitative estimate of drug-likeness (QED) is 0.505. The molecule has 1 aliphatic rings. The number of ether oxygens (including phenoxy) is 2. The maximum Gasteiger partial charge on any atom is 0.416 e. The van der Waals surface area contributed by atoms with E-state index in [1.165, 1.54) is 27.8 Å². The van der Waals surface area contributed by atoms with Crippen molar-refractivity contribution in [3.05, 3.63) is 70.3 Å². The molecular weight excluding hydrogens is 491 g/mol. The first-order valence-corrected chi connectivity index (χ1v) is 11.6. The fourth-order valence-corrected chi connectivity index (χ4v) is 3.99. The van der Waals surface area contributed by atoms with Crippen molar-refractivity contribution in [1.29, 1.82) is 0 Å². The van der Waals surface area contributed by atoms with Gasteiger partial charge in [0.05, 0.1) is 36.7 Å². The first-order chi connectivity index (χ1) is 17.3. The molecule has 0 bridgehead atoms. The van der Waals surface area contributed by atoms with Crippen molar-refractivity contribution in [3.8, 4) is 11.3 Å². The lowest BCUT2D eigenvalue weighted by atomic mass is 10.1. The summed E-state index contributed by atoms with van der Waals surface area (Å²) < 4.78 is 53.1. The second-order valence-corrected chi connectivity index (χ2v) is 9.90. The molecule has 9 nitrogen and oxygen atoms in total. The summed E-state index contributed by atoms with van der Waals surface area (Å²) in [6.45, 7) is 5.46. The van der Waals surface area contributed by atoms with Crippen molar-refractivity contribution in [3.63, 3.8) is 0 Å². The molecule has 2 atom stereocenters. The van der Waals surface area contributed by atoms with Gasteiger partial charge < -0.3 is 14.4 Å². The predicted molar refractivity (Wildman–Crippen MR) is 128 cm³/mol. The first kappa shape index (κ1) is 26.4. The number of carbonyl (C=O) groups is 1. The number of hydrogen-bond acceptors (Lipinski definition) is 6. The summed E-state index contributed by atoms with van der Waals surface area (Å²) in [6.07, 6.45) is -2.27. The summed E-state index contributed by atoms with van der Waals surface area (Å²) >= 11 is 0. The van der Waals surface area contributed by atoms with E-state index in [4.69, 9.17) is 9.47 Å². The van der Waals surface area contributed by atoms with Crippen molar-refractivity contribution in [2.45, 2.75) is 51.3 Å². The van der Waals surface area contributed by atoms with Crippen LogP contribution in [0.5, 0.6) is 0 Å². The van der Waals surface area contributed by atoms with Crippen LogP contribution in [0, 0.1) is 0 Å². The Morgan fingerprint density at radius 1 is 1.08 bits per heavy atom. The minimum Gasteiger partial charge on any atom is -0.444 e. The second kappa shape index (κ2) is 10.0. The lowest BCUT2D eigenvalue weighted by Crippen LogP contribution is -2.36. The number of alkyl halides is 3. The maximum absolute atomic E-state index is 12.9. The summed E-state index contributed by atoms with van der Waals surface area (Å²) in [5, 5.41) is 8.65. The highest BCUT2D eigenvalue weighted by Crippen LogP contribution is 2.30. The van der Waals surface area contributed by atoms with Crippen LogP contribution in [-0.4, -0.2) is 55.3 Å². The van der Waals surface area contributed by atoms with Crippen LogP contribution >= 0.6 is 0 Å². The molecule has 0 spiro atoms. The molecule has 37 heavy (non-hydrogen) atoms. The minimum atomic E-state index is -4.43. The van der Waals surface area contributed by atoms with Crippen LogP contribution in [0.15, 0.2) is 53.6 Å². The Kier molecular flexibility index (Phi) is 7.13. The fraction of sp³-hybridized carbons (Fsp3) is 0.440. The van der Waals surface area contributed by atoms with Crippen LogP contribution in [0.4, 0.5) is 18.0 Å². The minimum absolute atomic E-state index is 0.0154. The number of nitrogens with zero attached hydrogens (tertiary/aromatic N) is 5. The van der Waals surface area contributed by atoms with Crippen molar-refractivity contribution >= 4 is 6.09 Å². The lowest BCUT2D eigenvalue weighted by molar-refractivity contribution is -0.137. The van der Waals surface area contributed by atoms with Crippen molar-refractivity contribution < 1.29 is 27.4 Å². The molecule has 3 heterocycles. The Labute approximate surface area is 211 Å². The van der Waals surface area contributed by atoms with Crippen LogP contribution in [0.2, 0.25) is 0 Å². The van der Waals surface area contributed by atoms with Gasteiger partial charge in [0.1, 0.15) is 11.6 Å². The van der Waals surface area contributed by atoms with Gasteiger partial charge in [-0.15, -0.1) is 0 Å². The number of likely N-dealkylation sites (tertiary alicyclic amines) is 1. The molecule has 0 saturated carbocycles. The number of amides is 1. The number of halogens is 3. The van der Waals surface area contributed by atoms with E-state index >= 15 is 0 Å². The highest BCUT2D eigenvalue weighted by molar-refractivity contribution is 5.68. The molecule has 1 saturated heterocycles. The van der Waals surface area contributed by atoms with Gasteiger partial charge in [0.15, 0.2) is 0 Å². The SMILES string of the molecule is Cn1cc(-c2ccc(=O)n([C@@H]3CN(C(=O)OC(C)(C)C)C[C@H]3OCc3ccc(C(F)(F)F)cc3)n2)cn1. The van der Waals surface area contributed by atoms with Gasteiger partial charge >= 0.3 is 12.3 Å². The van der Waals surface area contributed by atoms with Gasteiger partial charge in [-0.3, -0.25) is 9.48 Å². The van der Waals surface area contributed by atoms with Crippen LogP contribution in [0.1, 0.15) is 37.9 Å². The summed E-state index contributed by atoms with van der Waals surface area (Å²) in [4.78, 5) is 27.1. The van der Waals surface area contributed by atoms with Gasteiger partial charge in [0.25, 0.3) is 5.56 Å². The highest BCUT2D eigenvalue weighted by Gasteiger charge is 2.40. The zero-order valence-corrected chi connectivity index (χ0v) is 20.9. The molecule has 1 aliphatic heterocycles. The summed E-state index contributed by atoms with van der Waals surface area (Å²) in [7, 11) is 1.76. The normalized spacial score (nSPS) is 18.3. The molecule has 198 valence electrons. The zero-order valence-electron chi connectivity index (χ0n) is 20.9. The molecule has 0 radical (unpaired) electrons. The largest absolute Gasteiger partial charge is 0.444 e. The number of carbonyl (C=O) groups excluding carboxylic acids is 1. The molecule has 0 aliphatic carbocycles. The number of aromatic nitrogens is 4. The van der Waals surface area contributed by atoms with E-state index in [2.05, 4.69) is 10.2 Å². The third-order valence-electron chi connectivity index (χ3n) is 5.77. The Hall–Kier alpha value is -3.67. The summed E-state index contributed by atoms with van der Waals surface area (Å²) in [5.41, 5.74) is -0.112. The van der Waals surface area contributed by atoms with Crippen molar-refractivity contribution in [2.24, 2.45) is 7.05 Å². The van der Waals surface area contributed by atoms with E-state index in [1.54, 1.807) is 51.0 Å². The Morgan fingerprint density at radius 2 is 1.78 bits per heavy atom. The number of aryl methyl sites for hydroxylation is 1. The van der Waals surface area contributed by atoms with E-state index in [9.17, 15) is 22.8 Å². The molecular formula is C25H28F3N5O4. The predicted octanol–water partition coefficient (Wildman–Crippen LogP) is 4.04. The van der Waals surface area contributed by atoms with E-state index < -0.39 is 35.6 Å². The number of hydrogen-bond donors (Lipinski definition) is 0. The Morgan fingerprint density at radius 3 is 2.38 bits per heavy atom. The Bertz CT molecular complexity index is 1310. The molecule has 3 aromatic rings.